The van der Waals surface area contributed by atoms with Crippen LogP contribution in [-0.2, 0) is 9.53 Å². The van der Waals surface area contributed by atoms with Gasteiger partial charge < -0.3 is 14.5 Å². The maximum absolute atomic E-state index is 14.0. The number of nitrogens with zero attached hydrogens (tertiary/aromatic N) is 4. The number of hydrogen-bond acceptors (Lipinski definition) is 7. The third-order valence-corrected chi connectivity index (χ3v) is 6.12. The van der Waals surface area contributed by atoms with Crippen molar-refractivity contribution < 1.29 is 18.7 Å². The molecular weight excluding hydrogens is 395 g/mol. The molecule has 0 bridgehead atoms. The number of aryl methyl sites for hydroxylation is 1. The Bertz CT molecular complexity index is 1050. The van der Waals surface area contributed by atoms with Gasteiger partial charge in [0.2, 0.25) is 5.95 Å². The molecule has 0 unspecified atom stereocenters. The van der Waals surface area contributed by atoms with E-state index >= 15 is 0 Å². The van der Waals surface area contributed by atoms with E-state index in [4.69, 9.17) is 4.74 Å². The molecule has 0 saturated carbocycles. The number of hydrogen-bond donors (Lipinski definition) is 0. The van der Waals surface area contributed by atoms with Crippen LogP contribution in [0.15, 0.2) is 36.7 Å². The molecule has 3 aromatic rings. The number of benzene rings is 1. The fourth-order valence-electron chi connectivity index (χ4n) is 3.34. The van der Waals surface area contributed by atoms with Crippen LogP contribution in [0.4, 0.5) is 10.3 Å². The number of carbonyl (C=O) groups excluding carboxylic acids is 2. The summed E-state index contributed by atoms with van der Waals surface area (Å²) in [7, 11) is 0. The zero-order valence-corrected chi connectivity index (χ0v) is 16.6. The average Bonchev–Trinajstić information content (AvgIpc) is 3.10. The number of carbonyl (C=O) groups is 2. The quantitative estimate of drug-likeness (QED) is 0.611. The van der Waals surface area contributed by atoms with Crippen LogP contribution in [0.1, 0.15) is 15.2 Å². The van der Waals surface area contributed by atoms with Gasteiger partial charge in [0, 0.05) is 48.7 Å². The molecule has 1 amide bonds. The van der Waals surface area contributed by atoms with Crippen LogP contribution in [0.5, 0.6) is 0 Å². The molecule has 1 fully saturated rings. The van der Waals surface area contributed by atoms with E-state index in [0.29, 0.717) is 52.7 Å². The highest BCUT2D eigenvalue weighted by Gasteiger charge is 2.24. The maximum atomic E-state index is 14.0. The van der Waals surface area contributed by atoms with Gasteiger partial charge in [-0.2, -0.15) is 0 Å². The van der Waals surface area contributed by atoms with Crippen molar-refractivity contribution in [3.8, 4) is 0 Å². The van der Waals surface area contributed by atoms with Gasteiger partial charge in [-0.25, -0.2) is 19.2 Å². The Morgan fingerprint density at radius 3 is 2.55 bits per heavy atom. The van der Waals surface area contributed by atoms with E-state index in [1.54, 1.807) is 42.4 Å². The lowest BCUT2D eigenvalue weighted by Gasteiger charge is -2.34. The molecule has 4 rings (SSSR count). The Kier molecular flexibility index (Phi) is 5.39. The van der Waals surface area contributed by atoms with Gasteiger partial charge in [-0.3, -0.25) is 4.79 Å². The minimum Gasteiger partial charge on any atom is -0.451 e. The standard InChI is InChI=1S/C20H19FN4O3S/c1-13-17-14(21)4-2-5-15(17)29-18(13)19(27)28-12-16(26)24-8-10-25(11-9-24)20-22-6-3-7-23-20/h2-7H,8-12H2,1H3. The van der Waals surface area contributed by atoms with Crippen molar-refractivity contribution in [3.05, 3.63) is 52.9 Å². The summed E-state index contributed by atoms with van der Waals surface area (Å²) in [6.45, 7) is 3.57. The van der Waals surface area contributed by atoms with Gasteiger partial charge in [-0.1, -0.05) is 6.07 Å². The van der Waals surface area contributed by atoms with Gasteiger partial charge in [0.15, 0.2) is 6.61 Å². The first-order chi connectivity index (χ1) is 14.0. The summed E-state index contributed by atoms with van der Waals surface area (Å²) in [6.07, 6.45) is 3.36. The lowest BCUT2D eigenvalue weighted by Crippen LogP contribution is -2.50. The highest BCUT2D eigenvalue weighted by atomic mass is 32.1. The molecule has 9 heteroatoms. The van der Waals surface area contributed by atoms with Crippen LogP contribution < -0.4 is 4.90 Å². The molecule has 1 saturated heterocycles. The summed E-state index contributed by atoms with van der Waals surface area (Å²) in [5.74, 6) is -0.588. The second-order valence-electron chi connectivity index (χ2n) is 6.66. The van der Waals surface area contributed by atoms with Crippen molar-refractivity contribution in [2.75, 3.05) is 37.7 Å². The first kappa shape index (κ1) is 19.3. The highest BCUT2D eigenvalue weighted by molar-refractivity contribution is 7.21. The topological polar surface area (TPSA) is 75.6 Å². The second-order valence-corrected chi connectivity index (χ2v) is 7.71. The highest BCUT2D eigenvalue weighted by Crippen LogP contribution is 2.33. The maximum Gasteiger partial charge on any atom is 0.349 e. The smallest absolute Gasteiger partial charge is 0.349 e. The van der Waals surface area contributed by atoms with Crippen molar-refractivity contribution in [1.29, 1.82) is 0 Å². The van der Waals surface area contributed by atoms with Crippen molar-refractivity contribution in [2.24, 2.45) is 0 Å². The van der Waals surface area contributed by atoms with Gasteiger partial charge in [0.05, 0.1) is 0 Å². The number of fused-ring (bicyclic) bond motifs is 1. The molecule has 1 aliphatic rings. The molecule has 3 heterocycles. The van der Waals surface area contributed by atoms with Crippen LogP contribution in [0, 0.1) is 12.7 Å². The molecule has 1 aromatic carbocycles. The molecule has 7 nitrogen and oxygen atoms in total. The largest absolute Gasteiger partial charge is 0.451 e. The number of anilines is 1. The number of amides is 1. The number of halogens is 1. The molecule has 150 valence electrons. The normalized spacial score (nSPS) is 14.3. The van der Waals surface area contributed by atoms with Crippen LogP contribution >= 0.6 is 11.3 Å². The number of ether oxygens (including phenoxy) is 1. The summed E-state index contributed by atoms with van der Waals surface area (Å²) < 4.78 is 19.9. The van der Waals surface area contributed by atoms with Gasteiger partial charge in [0.25, 0.3) is 5.91 Å². The molecule has 0 aliphatic carbocycles. The molecule has 2 aromatic heterocycles. The van der Waals surface area contributed by atoms with Crippen LogP contribution in [-0.4, -0.2) is 59.5 Å². The number of esters is 1. The zero-order valence-electron chi connectivity index (χ0n) is 15.8. The van der Waals surface area contributed by atoms with E-state index in [2.05, 4.69) is 9.97 Å². The van der Waals surface area contributed by atoms with Crippen molar-refractivity contribution in [1.82, 2.24) is 14.9 Å². The van der Waals surface area contributed by atoms with E-state index in [-0.39, 0.29) is 18.3 Å². The van der Waals surface area contributed by atoms with Crippen molar-refractivity contribution in [2.45, 2.75) is 6.92 Å². The number of piperazine rings is 1. The Hall–Kier alpha value is -3.07. The first-order valence-electron chi connectivity index (χ1n) is 9.19. The van der Waals surface area contributed by atoms with Gasteiger partial charge in [0.1, 0.15) is 10.7 Å². The lowest BCUT2D eigenvalue weighted by molar-refractivity contribution is -0.134. The van der Waals surface area contributed by atoms with Gasteiger partial charge in [-0.15, -0.1) is 11.3 Å². The average molecular weight is 414 g/mol. The van der Waals surface area contributed by atoms with Crippen LogP contribution in [0.3, 0.4) is 0 Å². The number of rotatable bonds is 4. The number of aromatic nitrogens is 2. The fraction of sp³-hybridized carbons (Fsp3) is 0.300. The van der Waals surface area contributed by atoms with E-state index < -0.39 is 5.97 Å². The number of thiophene rings is 1. The predicted molar refractivity (Wildman–Crippen MR) is 108 cm³/mol. The van der Waals surface area contributed by atoms with Crippen LogP contribution in [0.2, 0.25) is 0 Å². The SMILES string of the molecule is Cc1c(C(=O)OCC(=O)N2CCN(c3ncccn3)CC2)sc2cccc(F)c12. The molecule has 0 spiro atoms. The summed E-state index contributed by atoms with van der Waals surface area (Å²) in [5.41, 5.74) is 0.539. The molecule has 0 N–H and O–H groups in total. The van der Waals surface area contributed by atoms with Crippen molar-refractivity contribution in [3.63, 3.8) is 0 Å². The third-order valence-electron chi connectivity index (χ3n) is 4.88. The van der Waals surface area contributed by atoms with E-state index in [1.807, 2.05) is 4.90 Å². The minimum absolute atomic E-state index is 0.253. The molecule has 0 atom stereocenters. The van der Waals surface area contributed by atoms with E-state index in [9.17, 15) is 14.0 Å². The van der Waals surface area contributed by atoms with E-state index in [1.165, 1.54) is 17.4 Å². The molecular formula is C20H19FN4O3S. The predicted octanol–water partition coefficient (Wildman–Crippen LogP) is 2.64. The van der Waals surface area contributed by atoms with Crippen molar-refractivity contribution >= 4 is 39.2 Å². The lowest BCUT2D eigenvalue weighted by atomic mass is 10.1. The molecule has 29 heavy (non-hydrogen) atoms. The first-order valence-corrected chi connectivity index (χ1v) is 10.0. The molecule has 1 aliphatic heterocycles. The Labute approximate surface area is 170 Å². The minimum atomic E-state index is -0.604. The monoisotopic (exact) mass is 414 g/mol. The Balaban J connectivity index is 1.34. The summed E-state index contributed by atoms with van der Waals surface area (Å²) in [4.78, 5) is 37.3. The van der Waals surface area contributed by atoms with Crippen LogP contribution in [0.25, 0.3) is 10.1 Å². The summed E-state index contributed by atoms with van der Waals surface area (Å²) >= 11 is 1.17. The van der Waals surface area contributed by atoms with E-state index in [0.717, 1.165) is 0 Å². The Morgan fingerprint density at radius 1 is 1.14 bits per heavy atom. The summed E-state index contributed by atoms with van der Waals surface area (Å²) in [5, 5.41) is 0.426. The van der Waals surface area contributed by atoms with Gasteiger partial charge >= 0.3 is 5.97 Å². The third kappa shape index (κ3) is 3.91. The fourth-order valence-corrected chi connectivity index (χ4v) is 4.46. The summed E-state index contributed by atoms with van der Waals surface area (Å²) in [6, 6.07) is 6.48. The van der Waals surface area contributed by atoms with Gasteiger partial charge in [-0.05, 0) is 30.7 Å². The second kappa shape index (κ2) is 8.12. The zero-order chi connectivity index (χ0) is 20.4. The Morgan fingerprint density at radius 2 is 1.86 bits per heavy atom. The molecule has 0 radical (unpaired) electrons.